The number of rotatable bonds is 3. The van der Waals surface area contributed by atoms with Gasteiger partial charge in [-0.15, -0.1) is 0 Å². The molecule has 0 bridgehead atoms. The molecule has 0 radical (unpaired) electrons. The first kappa shape index (κ1) is 12.3. The number of carbonyl (C=O) groups excluding carboxylic acids is 1. The fraction of sp³-hybridized carbons (Fsp3) is 0.778. The van der Waals surface area contributed by atoms with Gasteiger partial charge in [-0.2, -0.15) is 11.8 Å². The maximum absolute atomic E-state index is 11.3. The SMILES string of the molecule is C[C@@H](O)C[C@@H]1CC(=O)N[C@H](C(=O)O)CS1. The number of aliphatic carboxylic acids is 1. The number of thioether (sulfide) groups is 1. The van der Waals surface area contributed by atoms with Gasteiger partial charge in [-0.1, -0.05) is 0 Å². The van der Waals surface area contributed by atoms with E-state index >= 15 is 0 Å². The molecule has 1 heterocycles. The molecule has 6 heteroatoms. The first-order valence-electron chi connectivity index (χ1n) is 4.81. The second-order valence-corrected chi connectivity index (χ2v) is 5.04. The van der Waals surface area contributed by atoms with Gasteiger partial charge in [-0.3, -0.25) is 4.79 Å². The van der Waals surface area contributed by atoms with E-state index in [1.54, 1.807) is 6.92 Å². The third kappa shape index (κ3) is 4.09. The molecule has 0 unspecified atom stereocenters. The smallest absolute Gasteiger partial charge is 0.327 e. The molecule has 1 amide bonds. The van der Waals surface area contributed by atoms with Gasteiger partial charge in [0.25, 0.3) is 0 Å². The highest BCUT2D eigenvalue weighted by Gasteiger charge is 2.28. The lowest BCUT2D eigenvalue weighted by Gasteiger charge is -2.13. The molecule has 3 N–H and O–H groups in total. The maximum atomic E-state index is 11.3. The molecule has 0 aromatic rings. The van der Waals surface area contributed by atoms with Gasteiger partial charge in [-0.05, 0) is 13.3 Å². The van der Waals surface area contributed by atoms with Crippen LogP contribution in [0, 0.1) is 0 Å². The minimum Gasteiger partial charge on any atom is -0.480 e. The van der Waals surface area contributed by atoms with Crippen LogP contribution in [0.1, 0.15) is 19.8 Å². The van der Waals surface area contributed by atoms with E-state index in [0.717, 1.165) is 0 Å². The largest absolute Gasteiger partial charge is 0.480 e. The van der Waals surface area contributed by atoms with E-state index in [-0.39, 0.29) is 17.6 Å². The second-order valence-electron chi connectivity index (χ2n) is 3.70. The normalized spacial score (nSPS) is 29.1. The average Bonchev–Trinajstić information content (AvgIpc) is 2.26. The average molecular weight is 233 g/mol. The van der Waals surface area contributed by atoms with Crippen LogP contribution >= 0.6 is 11.8 Å². The number of aliphatic hydroxyl groups is 1. The molecule has 0 aliphatic carbocycles. The standard InChI is InChI=1S/C9H15NO4S/c1-5(11)2-6-3-8(12)10-7(4-15-6)9(13)14/h5-7,11H,2-4H2,1H3,(H,10,12)(H,13,14)/t5-,6-,7+/m1/s1. The van der Waals surface area contributed by atoms with Gasteiger partial charge in [0.1, 0.15) is 6.04 Å². The minimum absolute atomic E-state index is 0.00866. The Kier molecular flexibility index (Phi) is 4.41. The lowest BCUT2D eigenvalue weighted by molar-refractivity contribution is -0.141. The summed E-state index contributed by atoms with van der Waals surface area (Å²) >= 11 is 1.43. The van der Waals surface area contributed by atoms with Gasteiger partial charge < -0.3 is 15.5 Å². The molecule has 5 nitrogen and oxygen atoms in total. The van der Waals surface area contributed by atoms with Crippen LogP contribution in [0.15, 0.2) is 0 Å². The molecule has 1 saturated heterocycles. The van der Waals surface area contributed by atoms with Crippen molar-refractivity contribution < 1.29 is 19.8 Å². The molecule has 1 aliphatic heterocycles. The number of carboxylic acid groups (broad SMARTS) is 1. The van der Waals surface area contributed by atoms with E-state index in [9.17, 15) is 14.7 Å². The number of nitrogens with one attached hydrogen (secondary N) is 1. The first-order valence-corrected chi connectivity index (χ1v) is 5.85. The summed E-state index contributed by atoms with van der Waals surface area (Å²) in [6.45, 7) is 1.66. The Labute approximate surface area is 92.2 Å². The number of hydrogen-bond acceptors (Lipinski definition) is 4. The summed E-state index contributed by atoms with van der Waals surface area (Å²) in [5, 5.41) is 20.4. The van der Waals surface area contributed by atoms with Crippen molar-refractivity contribution >= 4 is 23.6 Å². The monoisotopic (exact) mass is 233 g/mol. The third-order valence-electron chi connectivity index (χ3n) is 2.15. The van der Waals surface area contributed by atoms with Crippen molar-refractivity contribution in [2.45, 2.75) is 37.2 Å². The van der Waals surface area contributed by atoms with Crippen molar-refractivity contribution in [2.24, 2.45) is 0 Å². The van der Waals surface area contributed by atoms with Crippen LogP contribution < -0.4 is 5.32 Å². The minimum atomic E-state index is -1.01. The fourth-order valence-electron chi connectivity index (χ4n) is 1.46. The molecule has 1 aliphatic rings. The van der Waals surface area contributed by atoms with Crippen molar-refractivity contribution in [2.75, 3.05) is 5.75 Å². The van der Waals surface area contributed by atoms with E-state index in [4.69, 9.17) is 5.11 Å². The fourth-order valence-corrected chi connectivity index (χ4v) is 2.83. The quantitative estimate of drug-likeness (QED) is 0.630. The predicted molar refractivity (Wildman–Crippen MR) is 56.7 cm³/mol. The lowest BCUT2D eigenvalue weighted by atomic mass is 10.1. The van der Waals surface area contributed by atoms with Crippen molar-refractivity contribution in [3.8, 4) is 0 Å². The van der Waals surface area contributed by atoms with Crippen LogP contribution in [0.3, 0.4) is 0 Å². The van der Waals surface area contributed by atoms with E-state index < -0.39 is 18.1 Å². The van der Waals surface area contributed by atoms with Gasteiger partial charge in [0.15, 0.2) is 0 Å². The Bertz CT molecular complexity index is 256. The van der Waals surface area contributed by atoms with Crippen molar-refractivity contribution in [1.29, 1.82) is 0 Å². The summed E-state index contributed by atoms with van der Waals surface area (Å²) in [5.74, 6) is -0.898. The zero-order valence-electron chi connectivity index (χ0n) is 8.47. The van der Waals surface area contributed by atoms with Crippen LogP contribution in [-0.4, -0.2) is 45.2 Å². The van der Waals surface area contributed by atoms with E-state index in [1.165, 1.54) is 11.8 Å². The molecule has 0 aromatic heterocycles. The van der Waals surface area contributed by atoms with Crippen LogP contribution in [0.2, 0.25) is 0 Å². The highest BCUT2D eigenvalue weighted by molar-refractivity contribution is 8.00. The van der Waals surface area contributed by atoms with Crippen LogP contribution in [-0.2, 0) is 9.59 Å². The number of aliphatic hydroxyl groups excluding tert-OH is 1. The third-order valence-corrected chi connectivity index (χ3v) is 3.51. The van der Waals surface area contributed by atoms with Gasteiger partial charge in [0.05, 0.1) is 6.10 Å². The summed E-state index contributed by atoms with van der Waals surface area (Å²) in [7, 11) is 0. The predicted octanol–water partition coefficient (Wildman–Crippen LogP) is -0.168. The van der Waals surface area contributed by atoms with Crippen LogP contribution in [0.5, 0.6) is 0 Å². The Morgan fingerprint density at radius 3 is 2.93 bits per heavy atom. The lowest BCUT2D eigenvalue weighted by Crippen LogP contribution is -2.41. The Hall–Kier alpha value is -0.750. The van der Waals surface area contributed by atoms with Crippen molar-refractivity contribution in [3.63, 3.8) is 0 Å². The zero-order valence-corrected chi connectivity index (χ0v) is 9.29. The topological polar surface area (TPSA) is 86.6 Å². The number of carboxylic acids is 1. The number of amides is 1. The van der Waals surface area contributed by atoms with E-state index in [1.807, 2.05) is 0 Å². The Balaban J connectivity index is 2.54. The number of carbonyl (C=O) groups is 2. The maximum Gasteiger partial charge on any atom is 0.327 e. The molecule has 0 aromatic carbocycles. The summed E-state index contributed by atoms with van der Waals surface area (Å²) in [6.07, 6.45) is 0.334. The first-order chi connectivity index (χ1) is 6.99. The number of hydrogen-bond donors (Lipinski definition) is 3. The van der Waals surface area contributed by atoms with Gasteiger partial charge in [-0.25, -0.2) is 4.79 Å². The summed E-state index contributed by atoms with van der Waals surface area (Å²) in [6, 6.07) is -0.804. The molecule has 1 fully saturated rings. The Morgan fingerprint density at radius 1 is 1.73 bits per heavy atom. The van der Waals surface area contributed by atoms with Gasteiger partial charge in [0, 0.05) is 17.4 Å². The zero-order chi connectivity index (χ0) is 11.4. The van der Waals surface area contributed by atoms with Crippen molar-refractivity contribution in [1.82, 2.24) is 5.32 Å². The molecule has 15 heavy (non-hydrogen) atoms. The van der Waals surface area contributed by atoms with Gasteiger partial charge in [0.2, 0.25) is 5.91 Å². The Morgan fingerprint density at radius 2 is 2.40 bits per heavy atom. The van der Waals surface area contributed by atoms with E-state index in [2.05, 4.69) is 5.32 Å². The van der Waals surface area contributed by atoms with Crippen LogP contribution in [0.4, 0.5) is 0 Å². The van der Waals surface area contributed by atoms with Crippen molar-refractivity contribution in [3.05, 3.63) is 0 Å². The highest BCUT2D eigenvalue weighted by Crippen LogP contribution is 2.23. The summed E-state index contributed by atoms with van der Waals surface area (Å²) < 4.78 is 0. The molecular weight excluding hydrogens is 218 g/mol. The summed E-state index contributed by atoms with van der Waals surface area (Å²) in [5.41, 5.74) is 0. The second kappa shape index (κ2) is 5.37. The molecule has 86 valence electrons. The molecular formula is C9H15NO4S. The molecule has 3 atom stereocenters. The van der Waals surface area contributed by atoms with E-state index in [0.29, 0.717) is 12.2 Å². The highest BCUT2D eigenvalue weighted by atomic mass is 32.2. The molecule has 1 rings (SSSR count). The van der Waals surface area contributed by atoms with Crippen LogP contribution in [0.25, 0.3) is 0 Å². The summed E-state index contributed by atoms with van der Waals surface area (Å²) in [4.78, 5) is 22.0. The van der Waals surface area contributed by atoms with Gasteiger partial charge >= 0.3 is 5.97 Å². The molecule has 0 spiro atoms. The molecule has 0 saturated carbocycles.